The van der Waals surface area contributed by atoms with Crippen molar-refractivity contribution in [2.75, 3.05) is 6.61 Å². The Morgan fingerprint density at radius 1 is 0.652 bits per heavy atom. The molecule has 0 saturated heterocycles. The Morgan fingerprint density at radius 2 is 1.13 bits per heavy atom. The highest BCUT2D eigenvalue weighted by Gasteiger charge is 2.04. The second kappa shape index (κ2) is 14.7. The molecule has 1 unspecified atom stereocenters. The molecule has 0 aliphatic carbocycles. The smallest absolute Gasteiger partial charge is 0.0580 e. The van der Waals surface area contributed by atoms with Crippen molar-refractivity contribution in [3.8, 4) is 0 Å². The van der Waals surface area contributed by atoms with Gasteiger partial charge in [-0.05, 0) is 24.8 Å². The van der Waals surface area contributed by atoms with Crippen LogP contribution in [-0.2, 0) is 6.42 Å². The van der Waals surface area contributed by atoms with Gasteiger partial charge in [-0.2, -0.15) is 0 Å². The molecule has 0 aromatic heterocycles. The van der Waals surface area contributed by atoms with Crippen LogP contribution in [-0.4, -0.2) is 22.9 Å². The van der Waals surface area contributed by atoms with Crippen molar-refractivity contribution in [2.24, 2.45) is 0 Å². The molecule has 1 aromatic carbocycles. The minimum atomic E-state index is -0.184. The average Bonchev–Trinajstić information content (AvgIpc) is 2.57. The van der Waals surface area contributed by atoms with Crippen LogP contribution in [0, 0.1) is 0 Å². The molecule has 23 heavy (non-hydrogen) atoms. The molecule has 0 radical (unpaired) electrons. The highest BCUT2D eigenvalue weighted by Crippen LogP contribution is 2.14. The first-order valence-electron chi connectivity index (χ1n) is 9.66. The predicted octanol–water partition coefficient (Wildman–Crippen LogP) is 5.26. The van der Waals surface area contributed by atoms with Crippen molar-refractivity contribution in [3.63, 3.8) is 0 Å². The summed E-state index contributed by atoms with van der Waals surface area (Å²) in [6.45, 7) is 0.347. The van der Waals surface area contributed by atoms with Crippen LogP contribution in [0.5, 0.6) is 0 Å². The molecule has 132 valence electrons. The Balaban J connectivity index is 1.82. The fourth-order valence-corrected chi connectivity index (χ4v) is 3.07. The van der Waals surface area contributed by atoms with Crippen LogP contribution in [0.4, 0.5) is 0 Å². The quantitative estimate of drug-likeness (QED) is 0.433. The second-order valence-corrected chi connectivity index (χ2v) is 6.74. The van der Waals surface area contributed by atoms with Crippen molar-refractivity contribution in [2.45, 2.75) is 89.6 Å². The van der Waals surface area contributed by atoms with Gasteiger partial charge in [0.15, 0.2) is 0 Å². The Hall–Kier alpha value is -0.860. The van der Waals surface area contributed by atoms with Gasteiger partial charge in [0.05, 0.1) is 6.10 Å². The molecule has 2 heteroatoms. The Bertz CT molecular complexity index is 350. The van der Waals surface area contributed by atoms with E-state index in [0.717, 1.165) is 25.7 Å². The number of aliphatic hydroxyl groups is 2. The van der Waals surface area contributed by atoms with Gasteiger partial charge in [-0.3, -0.25) is 0 Å². The van der Waals surface area contributed by atoms with E-state index < -0.39 is 0 Å². The minimum Gasteiger partial charge on any atom is -0.396 e. The molecular weight excluding hydrogens is 284 g/mol. The summed E-state index contributed by atoms with van der Waals surface area (Å²) in [5.41, 5.74) is 1.24. The normalized spacial score (nSPS) is 12.4. The number of benzene rings is 1. The summed E-state index contributed by atoms with van der Waals surface area (Å²) >= 11 is 0. The maximum atomic E-state index is 10.0. The number of hydrogen-bond donors (Lipinski definition) is 2. The fourth-order valence-electron chi connectivity index (χ4n) is 3.07. The van der Waals surface area contributed by atoms with Gasteiger partial charge in [0.1, 0.15) is 0 Å². The number of aliphatic hydroxyl groups excluding tert-OH is 2. The van der Waals surface area contributed by atoms with Gasteiger partial charge in [0.2, 0.25) is 0 Å². The molecule has 1 aromatic rings. The largest absolute Gasteiger partial charge is 0.396 e. The van der Waals surface area contributed by atoms with Crippen LogP contribution >= 0.6 is 0 Å². The maximum Gasteiger partial charge on any atom is 0.0580 e. The summed E-state index contributed by atoms with van der Waals surface area (Å²) in [6, 6.07) is 10.3. The lowest BCUT2D eigenvalue weighted by atomic mass is 10.0. The molecule has 0 amide bonds. The van der Waals surface area contributed by atoms with E-state index in [9.17, 15) is 5.11 Å². The average molecular weight is 321 g/mol. The first-order valence-corrected chi connectivity index (χ1v) is 9.66. The van der Waals surface area contributed by atoms with Crippen LogP contribution in [0.25, 0.3) is 0 Å². The Labute approximate surface area is 142 Å². The summed E-state index contributed by atoms with van der Waals surface area (Å²) < 4.78 is 0. The summed E-state index contributed by atoms with van der Waals surface area (Å²) in [5, 5.41) is 18.8. The number of hydrogen-bond acceptors (Lipinski definition) is 2. The molecule has 0 aliphatic heterocycles. The molecule has 0 aliphatic rings. The van der Waals surface area contributed by atoms with E-state index in [1.807, 2.05) is 18.2 Å². The zero-order valence-electron chi connectivity index (χ0n) is 14.8. The lowest BCUT2D eigenvalue weighted by Crippen LogP contribution is -2.10. The molecule has 2 nitrogen and oxygen atoms in total. The van der Waals surface area contributed by atoms with E-state index in [1.54, 1.807) is 0 Å². The molecule has 0 saturated carbocycles. The van der Waals surface area contributed by atoms with E-state index in [2.05, 4.69) is 12.1 Å². The van der Waals surface area contributed by atoms with Crippen LogP contribution in [0.15, 0.2) is 30.3 Å². The summed E-state index contributed by atoms with van der Waals surface area (Å²) in [4.78, 5) is 0. The third-order valence-electron chi connectivity index (χ3n) is 4.51. The van der Waals surface area contributed by atoms with Gasteiger partial charge in [-0.25, -0.2) is 0 Å². The molecule has 1 atom stereocenters. The van der Waals surface area contributed by atoms with Crippen molar-refractivity contribution in [1.29, 1.82) is 0 Å². The summed E-state index contributed by atoms with van der Waals surface area (Å²) in [5.74, 6) is 0. The molecule has 0 heterocycles. The zero-order chi connectivity index (χ0) is 16.6. The fraction of sp³-hybridized carbons (Fsp3) is 0.714. The minimum absolute atomic E-state index is 0.184. The van der Waals surface area contributed by atoms with Crippen molar-refractivity contribution in [3.05, 3.63) is 35.9 Å². The number of rotatable bonds is 15. The first kappa shape index (κ1) is 20.2. The third-order valence-corrected chi connectivity index (χ3v) is 4.51. The maximum absolute atomic E-state index is 10.0. The lowest BCUT2D eigenvalue weighted by Gasteiger charge is -2.10. The Morgan fingerprint density at radius 3 is 1.65 bits per heavy atom. The highest BCUT2D eigenvalue weighted by atomic mass is 16.3. The van der Waals surface area contributed by atoms with Crippen molar-refractivity contribution in [1.82, 2.24) is 0 Å². The second-order valence-electron chi connectivity index (χ2n) is 6.74. The Kier molecular flexibility index (Phi) is 12.9. The van der Waals surface area contributed by atoms with Crippen molar-refractivity contribution < 1.29 is 10.2 Å². The zero-order valence-corrected chi connectivity index (χ0v) is 14.8. The first-order chi connectivity index (χ1) is 11.3. The van der Waals surface area contributed by atoms with Crippen LogP contribution in [0.2, 0.25) is 0 Å². The van der Waals surface area contributed by atoms with Crippen LogP contribution < -0.4 is 0 Å². The monoisotopic (exact) mass is 320 g/mol. The molecule has 0 spiro atoms. The predicted molar refractivity (Wildman–Crippen MR) is 98.6 cm³/mol. The molecule has 0 fully saturated rings. The van der Waals surface area contributed by atoms with Gasteiger partial charge in [0, 0.05) is 6.61 Å². The summed E-state index contributed by atoms with van der Waals surface area (Å²) in [7, 11) is 0. The van der Waals surface area contributed by atoms with E-state index in [4.69, 9.17) is 5.11 Å². The lowest BCUT2D eigenvalue weighted by molar-refractivity contribution is 0.161. The van der Waals surface area contributed by atoms with Crippen molar-refractivity contribution >= 4 is 0 Å². The molecule has 2 N–H and O–H groups in total. The number of unbranched alkanes of at least 4 members (excludes halogenated alkanes) is 10. The SMILES string of the molecule is OCCCCCCCCCCCCCC(O)Cc1ccccc1. The van der Waals surface area contributed by atoms with E-state index in [1.165, 1.54) is 63.4 Å². The van der Waals surface area contributed by atoms with Gasteiger partial charge in [-0.15, -0.1) is 0 Å². The standard InChI is InChI=1S/C21H36O2/c22-18-14-9-7-5-3-1-2-4-6-8-13-17-21(23)19-20-15-11-10-12-16-20/h10-12,15-16,21-23H,1-9,13-14,17-19H2. The third kappa shape index (κ3) is 12.3. The van der Waals surface area contributed by atoms with Gasteiger partial charge < -0.3 is 10.2 Å². The van der Waals surface area contributed by atoms with Gasteiger partial charge in [-0.1, -0.05) is 94.5 Å². The van der Waals surface area contributed by atoms with Crippen LogP contribution in [0.3, 0.4) is 0 Å². The van der Waals surface area contributed by atoms with Gasteiger partial charge in [0.25, 0.3) is 0 Å². The molecule has 1 rings (SSSR count). The topological polar surface area (TPSA) is 40.5 Å². The van der Waals surface area contributed by atoms with E-state index >= 15 is 0 Å². The highest BCUT2D eigenvalue weighted by molar-refractivity contribution is 5.15. The van der Waals surface area contributed by atoms with E-state index in [-0.39, 0.29) is 6.10 Å². The molecular formula is C21H36O2. The summed E-state index contributed by atoms with van der Waals surface area (Å²) in [6.07, 6.45) is 15.4. The van der Waals surface area contributed by atoms with Crippen LogP contribution in [0.1, 0.15) is 82.6 Å². The molecule has 0 bridgehead atoms. The van der Waals surface area contributed by atoms with Gasteiger partial charge >= 0.3 is 0 Å². The van der Waals surface area contributed by atoms with E-state index in [0.29, 0.717) is 6.61 Å².